The number of aliphatic imine (C=N–C) groups is 2. The molecule has 2 atom stereocenters. The molecule has 222 valence electrons. The summed E-state index contributed by atoms with van der Waals surface area (Å²) in [6.45, 7) is 0.403. The smallest absolute Gasteiger partial charge is 0.872 e. The summed E-state index contributed by atoms with van der Waals surface area (Å²) in [5.41, 5.74) is 3.10. The van der Waals surface area contributed by atoms with Gasteiger partial charge in [0.1, 0.15) is 46.7 Å². The standard InChI is InChI=1S/C32H28N2O8.Ni/c35-19-5-1-17(2-6-19)27-15-23(31-25(39)11-21(37)13-29(31)41-27)33-9-10-34-24-16-28(18-3-7-20(36)8-4-18)42-30-14-22(38)12-26(40)32(24)30;/h1-8,11-14,27-28,35-40H,9-10,15-16H2;/q;+2/p-2. The molecular formula is C32H26N2NiO8. The number of hydrogen-bond acceptors (Lipinski definition) is 10. The van der Waals surface area contributed by atoms with E-state index in [0.717, 1.165) is 23.3 Å². The van der Waals surface area contributed by atoms with Crippen molar-refractivity contribution in [3.63, 3.8) is 0 Å². The fourth-order valence-corrected chi connectivity index (χ4v) is 5.26. The number of benzene rings is 4. The van der Waals surface area contributed by atoms with Crippen molar-refractivity contribution in [2.24, 2.45) is 9.98 Å². The summed E-state index contributed by atoms with van der Waals surface area (Å²) < 4.78 is 12.1. The van der Waals surface area contributed by atoms with Crippen LogP contribution in [0.4, 0.5) is 0 Å². The van der Waals surface area contributed by atoms with Crippen LogP contribution >= 0.6 is 0 Å². The second-order valence-corrected chi connectivity index (χ2v) is 10.1. The first-order chi connectivity index (χ1) is 20.2. The number of aromatic hydroxyl groups is 4. The summed E-state index contributed by atoms with van der Waals surface area (Å²) >= 11 is 0. The second kappa shape index (κ2) is 12.2. The van der Waals surface area contributed by atoms with Crippen LogP contribution in [0.5, 0.6) is 46.0 Å². The number of ether oxygens (including phenoxy) is 2. The Bertz CT molecular complexity index is 1580. The van der Waals surface area contributed by atoms with Crippen molar-refractivity contribution in [2.45, 2.75) is 25.0 Å². The first-order valence-electron chi connectivity index (χ1n) is 13.3. The maximum Gasteiger partial charge on any atom is 2.00 e. The fourth-order valence-electron chi connectivity index (χ4n) is 5.26. The zero-order chi connectivity index (χ0) is 29.4. The van der Waals surface area contributed by atoms with Crippen molar-refractivity contribution in [2.75, 3.05) is 13.1 Å². The minimum atomic E-state index is -0.492. The molecule has 10 nitrogen and oxygen atoms in total. The minimum absolute atomic E-state index is 0. The molecule has 4 aromatic rings. The average molecular weight is 625 g/mol. The molecule has 0 spiro atoms. The van der Waals surface area contributed by atoms with Gasteiger partial charge >= 0.3 is 16.5 Å². The maximum atomic E-state index is 12.8. The number of hydrogen-bond donors (Lipinski definition) is 4. The van der Waals surface area contributed by atoms with E-state index in [2.05, 4.69) is 0 Å². The molecule has 0 saturated heterocycles. The maximum absolute atomic E-state index is 12.8. The van der Waals surface area contributed by atoms with Crippen LogP contribution < -0.4 is 19.7 Å². The van der Waals surface area contributed by atoms with Gasteiger partial charge in [-0.25, -0.2) is 0 Å². The summed E-state index contributed by atoms with van der Waals surface area (Å²) in [5.74, 6) is -0.577. The Kier molecular flexibility index (Phi) is 8.36. The van der Waals surface area contributed by atoms with Crippen molar-refractivity contribution in [1.82, 2.24) is 0 Å². The predicted octanol–water partition coefficient (Wildman–Crippen LogP) is 3.98. The molecule has 0 fully saturated rings. The Hall–Kier alpha value is -4.89. The minimum Gasteiger partial charge on any atom is -0.872 e. The Labute approximate surface area is 256 Å². The number of phenolic OH excluding ortho intramolecular Hbond substituents is 4. The zero-order valence-electron chi connectivity index (χ0n) is 22.5. The largest absolute Gasteiger partial charge is 2.00 e. The Morgan fingerprint density at radius 3 is 1.33 bits per heavy atom. The topological polar surface area (TPSA) is 170 Å². The van der Waals surface area contributed by atoms with E-state index in [1.165, 1.54) is 12.1 Å². The molecule has 4 aromatic carbocycles. The summed E-state index contributed by atoms with van der Waals surface area (Å²) in [7, 11) is 0. The molecule has 0 bridgehead atoms. The molecular weight excluding hydrogens is 599 g/mol. The number of nitrogens with zero attached hydrogens (tertiary/aromatic N) is 2. The third kappa shape index (κ3) is 6.17. The molecule has 2 heterocycles. The number of phenols is 4. The fraction of sp³-hybridized carbons (Fsp3) is 0.188. The molecule has 2 aliphatic heterocycles. The van der Waals surface area contributed by atoms with E-state index in [9.17, 15) is 30.6 Å². The van der Waals surface area contributed by atoms with E-state index >= 15 is 0 Å². The van der Waals surface area contributed by atoms with Gasteiger partial charge in [-0.2, -0.15) is 0 Å². The Morgan fingerprint density at radius 1 is 0.581 bits per heavy atom. The van der Waals surface area contributed by atoms with Crippen molar-refractivity contribution >= 4 is 11.4 Å². The molecule has 43 heavy (non-hydrogen) atoms. The van der Waals surface area contributed by atoms with Gasteiger partial charge in [-0.15, -0.1) is 0 Å². The average Bonchev–Trinajstić information content (AvgIpc) is 2.95. The summed E-state index contributed by atoms with van der Waals surface area (Å²) in [5, 5.41) is 64.9. The third-order valence-corrected chi connectivity index (χ3v) is 7.21. The van der Waals surface area contributed by atoms with Gasteiger partial charge in [-0.3, -0.25) is 9.98 Å². The van der Waals surface area contributed by atoms with Crippen LogP contribution in [0, 0.1) is 0 Å². The van der Waals surface area contributed by atoms with Crippen molar-refractivity contribution in [3.05, 3.63) is 95.1 Å². The first kappa shape index (κ1) is 29.6. The van der Waals surface area contributed by atoms with E-state index in [4.69, 9.17) is 19.5 Å². The van der Waals surface area contributed by atoms with E-state index in [1.807, 2.05) is 0 Å². The van der Waals surface area contributed by atoms with Crippen LogP contribution in [0.1, 0.15) is 47.3 Å². The van der Waals surface area contributed by atoms with Crippen LogP contribution in [0.2, 0.25) is 0 Å². The molecule has 0 aliphatic carbocycles. The molecule has 2 unspecified atom stereocenters. The van der Waals surface area contributed by atoms with Crippen LogP contribution in [-0.4, -0.2) is 44.9 Å². The summed E-state index contributed by atoms with van der Waals surface area (Å²) in [4.78, 5) is 9.39. The molecule has 6 rings (SSSR count). The molecule has 11 heteroatoms. The summed E-state index contributed by atoms with van der Waals surface area (Å²) in [6, 6.07) is 18.1. The van der Waals surface area contributed by atoms with Gasteiger partial charge in [-0.1, -0.05) is 35.8 Å². The SMILES string of the molecule is [Ni+2].[O-]c1cc(O)cc2c1C(=NCCN=C1CC(c3ccc(O)cc3)Oc3cc(O)cc([O-])c31)CC(c1ccc(O)cc1)O2. The molecule has 4 N–H and O–H groups in total. The van der Waals surface area contributed by atoms with Gasteiger partial charge < -0.3 is 40.1 Å². The predicted molar refractivity (Wildman–Crippen MR) is 150 cm³/mol. The van der Waals surface area contributed by atoms with Crippen LogP contribution in [0.15, 0.2) is 82.8 Å². The van der Waals surface area contributed by atoms with E-state index in [0.29, 0.717) is 11.4 Å². The van der Waals surface area contributed by atoms with Gasteiger partial charge in [0, 0.05) is 47.5 Å². The van der Waals surface area contributed by atoms with Crippen LogP contribution in [-0.2, 0) is 16.5 Å². The molecule has 0 radical (unpaired) electrons. The first-order valence-corrected chi connectivity index (χ1v) is 13.3. The van der Waals surface area contributed by atoms with E-state index in [1.54, 1.807) is 48.5 Å². The van der Waals surface area contributed by atoms with E-state index in [-0.39, 0.29) is 88.0 Å². The monoisotopic (exact) mass is 624 g/mol. The van der Waals surface area contributed by atoms with Crippen LogP contribution in [0.25, 0.3) is 0 Å². The molecule has 2 aliphatic rings. The quantitative estimate of drug-likeness (QED) is 0.191. The molecule has 0 amide bonds. The van der Waals surface area contributed by atoms with Gasteiger partial charge in [-0.05, 0) is 47.5 Å². The summed E-state index contributed by atoms with van der Waals surface area (Å²) in [6.07, 6.45) is -0.405. The van der Waals surface area contributed by atoms with Crippen molar-refractivity contribution in [3.8, 4) is 46.0 Å². The molecule has 0 saturated carbocycles. The van der Waals surface area contributed by atoms with Crippen molar-refractivity contribution in [1.29, 1.82) is 0 Å². The normalized spacial score (nSPS) is 19.1. The number of rotatable bonds is 5. The molecule has 0 aromatic heterocycles. The Morgan fingerprint density at radius 2 is 0.953 bits per heavy atom. The van der Waals surface area contributed by atoms with Crippen molar-refractivity contribution < 1.29 is 56.6 Å². The van der Waals surface area contributed by atoms with Crippen LogP contribution in [0.3, 0.4) is 0 Å². The zero-order valence-corrected chi connectivity index (χ0v) is 23.5. The van der Waals surface area contributed by atoms with Gasteiger partial charge in [0.15, 0.2) is 0 Å². The van der Waals surface area contributed by atoms with Gasteiger partial charge in [0.05, 0.1) is 13.1 Å². The second-order valence-electron chi connectivity index (χ2n) is 10.1. The van der Waals surface area contributed by atoms with Gasteiger partial charge in [0.2, 0.25) is 0 Å². The third-order valence-electron chi connectivity index (χ3n) is 7.21. The number of fused-ring (bicyclic) bond motifs is 2. The Balaban J connectivity index is 0.00000368. The van der Waals surface area contributed by atoms with Gasteiger partial charge in [0.25, 0.3) is 0 Å². The van der Waals surface area contributed by atoms with E-state index < -0.39 is 23.7 Å².